The molecule has 0 rings (SSSR count). The summed E-state index contributed by atoms with van der Waals surface area (Å²) in [6.07, 6.45) is 5.30. The molecule has 0 aliphatic heterocycles. The quantitative estimate of drug-likeness (QED) is 0.402. The summed E-state index contributed by atoms with van der Waals surface area (Å²) >= 11 is 0. The van der Waals surface area contributed by atoms with Gasteiger partial charge in [-0.05, 0) is 5.04 Å². The first kappa shape index (κ1) is 9.78. The van der Waals surface area contributed by atoms with E-state index in [0.717, 1.165) is 6.04 Å². The van der Waals surface area contributed by atoms with Gasteiger partial charge in [0.1, 0.15) is 0 Å². The molecule has 0 aliphatic carbocycles. The smallest absolute Gasteiger partial charge is 0.0656 e. The number of terminal acetylenes is 1. The van der Waals surface area contributed by atoms with Crippen LogP contribution in [0.1, 0.15) is 20.8 Å². The molecule has 0 radical (unpaired) electrons. The average molecular weight is 154 g/mol. The van der Waals surface area contributed by atoms with E-state index in [-0.39, 0.29) is 0 Å². The Morgan fingerprint density at radius 2 is 1.70 bits per heavy atom. The highest BCUT2D eigenvalue weighted by molar-refractivity contribution is 6.80. The first-order chi connectivity index (χ1) is 4.31. The molecular weight excluding hydrogens is 136 g/mol. The molecule has 0 atom stereocenters. The fourth-order valence-electron chi connectivity index (χ4n) is 0.520. The van der Waals surface area contributed by atoms with Crippen molar-refractivity contribution in [2.24, 2.45) is 0 Å². The van der Waals surface area contributed by atoms with Crippen LogP contribution in [0.3, 0.4) is 0 Å². The first-order valence-corrected chi connectivity index (χ1v) is 6.95. The SMILES string of the molecule is C#CC[Si](C)(C)C(C)(C)C. The van der Waals surface area contributed by atoms with Crippen LogP contribution in [0.2, 0.25) is 24.2 Å². The highest BCUT2D eigenvalue weighted by Gasteiger charge is 2.33. The minimum Gasteiger partial charge on any atom is -0.120 e. The summed E-state index contributed by atoms with van der Waals surface area (Å²) in [4.78, 5) is 0. The molecule has 1 heteroatoms. The van der Waals surface area contributed by atoms with E-state index < -0.39 is 8.07 Å². The van der Waals surface area contributed by atoms with Gasteiger partial charge in [0, 0.05) is 6.04 Å². The van der Waals surface area contributed by atoms with Gasteiger partial charge in [-0.1, -0.05) is 33.9 Å². The van der Waals surface area contributed by atoms with Gasteiger partial charge in [0.15, 0.2) is 0 Å². The van der Waals surface area contributed by atoms with Crippen LogP contribution in [0.15, 0.2) is 0 Å². The third-order valence-electron chi connectivity index (χ3n) is 2.57. The molecule has 0 bridgehead atoms. The van der Waals surface area contributed by atoms with Crippen molar-refractivity contribution in [1.82, 2.24) is 0 Å². The molecule has 0 unspecified atom stereocenters. The Hall–Kier alpha value is -0.223. The van der Waals surface area contributed by atoms with Crippen molar-refractivity contribution in [3.8, 4) is 12.3 Å². The van der Waals surface area contributed by atoms with Gasteiger partial charge in [-0.2, -0.15) is 0 Å². The minimum atomic E-state index is -1.14. The highest BCUT2D eigenvalue weighted by Crippen LogP contribution is 2.37. The standard InChI is InChI=1S/C9H18Si/c1-7-8-10(5,6)9(2,3)4/h1H,8H2,2-6H3. The lowest BCUT2D eigenvalue weighted by Crippen LogP contribution is -2.36. The maximum absolute atomic E-state index is 5.30. The topological polar surface area (TPSA) is 0 Å². The maximum atomic E-state index is 5.30. The molecule has 0 aromatic rings. The van der Waals surface area contributed by atoms with Gasteiger partial charge in [0.05, 0.1) is 8.07 Å². The van der Waals surface area contributed by atoms with E-state index in [1.807, 2.05) is 0 Å². The summed E-state index contributed by atoms with van der Waals surface area (Å²) in [5.41, 5.74) is 0. The predicted octanol–water partition coefficient (Wildman–Crippen LogP) is 3.13. The van der Waals surface area contributed by atoms with Crippen LogP contribution in [-0.4, -0.2) is 8.07 Å². The fraction of sp³-hybridized carbons (Fsp3) is 0.778. The molecule has 0 heterocycles. The summed E-state index contributed by atoms with van der Waals surface area (Å²) in [6.45, 7) is 11.6. The lowest BCUT2D eigenvalue weighted by Gasteiger charge is -2.35. The zero-order chi connectivity index (χ0) is 8.41. The van der Waals surface area contributed by atoms with E-state index in [2.05, 4.69) is 39.8 Å². The van der Waals surface area contributed by atoms with Gasteiger partial charge < -0.3 is 0 Å². The Labute approximate surface area is 66.0 Å². The predicted molar refractivity (Wildman–Crippen MR) is 50.8 cm³/mol. The molecule has 0 fully saturated rings. The Morgan fingerprint density at radius 1 is 1.30 bits per heavy atom. The summed E-state index contributed by atoms with van der Waals surface area (Å²) in [5, 5.41) is 0.444. The Balaban J connectivity index is 4.28. The largest absolute Gasteiger partial charge is 0.120 e. The molecule has 10 heavy (non-hydrogen) atoms. The molecule has 58 valence electrons. The maximum Gasteiger partial charge on any atom is 0.0656 e. The Bertz CT molecular complexity index is 143. The van der Waals surface area contributed by atoms with Crippen molar-refractivity contribution in [3.05, 3.63) is 0 Å². The van der Waals surface area contributed by atoms with E-state index in [9.17, 15) is 0 Å². The van der Waals surface area contributed by atoms with Crippen LogP contribution in [0.25, 0.3) is 0 Å². The Kier molecular flexibility index (Phi) is 2.73. The monoisotopic (exact) mass is 154 g/mol. The van der Waals surface area contributed by atoms with Gasteiger partial charge in [-0.15, -0.1) is 12.3 Å². The molecule has 0 aliphatic rings. The molecule has 0 N–H and O–H groups in total. The zero-order valence-corrected chi connectivity index (χ0v) is 8.78. The van der Waals surface area contributed by atoms with Crippen molar-refractivity contribution >= 4 is 8.07 Å². The molecule has 0 saturated carbocycles. The average Bonchev–Trinajstić information content (AvgIpc) is 1.61. The lowest BCUT2D eigenvalue weighted by molar-refractivity contribution is 0.720. The second-order valence-electron chi connectivity index (χ2n) is 4.51. The van der Waals surface area contributed by atoms with E-state index in [1.165, 1.54) is 0 Å². The number of rotatable bonds is 1. The molecule has 0 amide bonds. The van der Waals surface area contributed by atoms with Crippen molar-refractivity contribution in [1.29, 1.82) is 0 Å². The van der Waals surface area contributed by atoms with Crippen LogP contribution in [-0.2, 0) is 0 Å². The minimum absolute atomic E-state index is 0.444. The molecule has 0 aromatic carbocycles. The normalized spacial score (nSPS) is 12.8. The van der Waals surface area contributed by atoms with Crippen molar-refractivity contribution < 1.29 is 0 Å². The van der Waals surface area contributed by atoms with Gasteiger partial charge in [-0.25, -0.2) is 0 Å². The van der Waals surface area contributed by atoms with Gasteiger partial charge in [0.2, 0.25) is 0 Å². The van der Waals surface area contributed by atoms with Crippen molar-refractivity contribution in [2.75, 3.05) is 0 Å². The van der Waals surface area contributed by atoms with Crippen molar-refractivity contribution in [3.63, 3.8) is 0 Å². The van der Waals surface area contributed by atoms with Crippen LogP contribution in [0.4, 0.5) is 0 Å². The first-order valence-electron chi connectivity index (χ1n) is 3.75. The van der Waals surface area contributed by atoms with Crippen LogP contribution < -0.4 is 0 Å². The summed E-state index contributed by atoms with van der Waals surface area (Å²) in [7, 11) is -1.14. The fourth-order valence-corrected chi connectivity index (χ4v) is 1.56. The third kappa shape index (κ3) is 2.19. The molecular formula is C9H18Si. The van der Waals surface area contributed by atoms with Gasteiger partial charge >= 0.3 is 0 Å². The second kappa shape index (κ2) is 2.80. The summed E-state index contributed by atoms with van der Waals surface area (Å²) in [6, 6.07) is 0.997. The number of hydrogen-bond acceptors (Lipinski definition) is 0. The van der Waals surface area contributed by atoms with E-state index in [1.54, 1.807) is 0 Å². The third-order valence-corrected chi connectivity index (χ3v) is 7.72. The molecule has 0 aromatic heterocycles. The molecule has 0 saturated heterocycles. The Morgan fingerprint density at radius 3 is 1.80 bits per heavy atom. The zero-order valence-electron chi connectivity index (χ0n) is 7.78. The molecule has 0 nitrogen and oxygen atoms in total. The highest BCUT2D eigenvalue weighted by atomic mass is 28.3. The van der Waals surface area contributed by atoms with Crippen LogP contribution >= 0.6 is 0 Å². The summed E-state index contributed by atoms with van der Waals surface area (Å²) in [5.74, 6) is 2.78. The van der Waals surface area contributed by atoms with Gasteiger partial charge in [0.25, 0.3) is 0 Å². The molecule has 0 spiro atoms. The second-order valence-corrected chi connectivity index (χ2v) is 10.1. The van der Waals surface area contributed by atoms with Gasteiger partial charge in [-0.3, -0.25) is 0 Å². The van der Waals surface area contributed by atoms with Crippen LogP contribution in [0.5, 0.6) is 0 Å². The van der Waals surface area contributed by atoms with Crippen LogP contribution in [0, 0.1) is 12.3 Å². The van der Waals surface area contributed by atoms with E-state index >= 15 is 0 Å². The van der Waals surface area contributed by atoms with E-state index in [0.29, 0.717) is 5.04 Å². The van der Waals surface area contributed by atoms with E-state index in [4.69, 9.17) is 6.42 Å². The number of hydrogen-bond donors (Lipinski definition) is 0. The lowest BCUT2D eigenvalue weighted by atomic mass is 10.2. The van der Waals surface area contributed by atoms with Crippen molar-refractivity contribution in [2.45, 2.75) is 44.9 Å². The summed E-state index contributed by atoms with van der Waals surface area (Å²) < 4.78 is 0.